The first kappa shape index (κ1) is 20.5. The number of nitrogens with zero attached hydrogens (tertiary/aromatic N) is 2. The molecule has 1 heterocycles. The van der Waals surface area contributed by atoms with Crippen molar-refractivity contribution in [1.29, 1.82) is 0 Å². The molecule has 0 bridgehead atoms. The molecule has 1 aliphatic rings. The number of rotatable bonds is 6. The third kappa shape index (κ3) is 6.82. The predicted molar refractivity (Wildman–Crippen MR) is 107 cm³/mol. The van der Waals surface area contributed by atoms with E-state index in [4.69, 9.17) is 22.1 Å². The Bertz CT molecular complexity index is 495. The van der Waals surface area contributed by atoms with Crippen LogP contribution in [0.25, 0.3) is 0 Å². The highest BCUT2D eigenvalue weighted by Crippen LogP contribution is 2.24. The number of hydrogen-bond acceptors (Lipinski definition) is 3. The number of halogens is 2. The lowest BCUT2D eigenvalue weighted by molar-refractivity contribution is 0.0180. The zero-order chi connectivity index (χ0) is 15.8. The van der Waals surface area contributed by atoms with Crippen molar-refractivity contribution in [3.05, 3.63) is 34.9 Å². The Labute approximate surface area is 160 Å². The number of benzene rings is 1. The van der Waals surface area contributed by atoms with Gasteiger partial charge in [-0.1, -0.05) is 30.7 Å². The summed E-state index contributed by atoms with van der Waals surface area (Å²) >= 11 is 6.14. The van der Waals surface area contributed by atoms with Crippen LogP contribution in [0.1, 0.15) is 24.9 Å². The van der Waals surface area contributed by atoms with Gasteiger partial charge in [-0.15, -0.1) is 24.0 Å². The van der Waals surface area contributed by atoms with Crippen LogP contribution < -0.4 is 11.1 Å². The Morgan fingerprint density at radius 2 is 2.17 bits per heavy atom. The lowest BCUT2D eigenvalue weighted by Crippen LogP contribution is -2.41. The van der Waals surface area contributed by atoms with E-state index < -0.39 is 0 Å². The van der Waals surface area contributed by atoms with Crippen LogP contribution in [0.15, 0.2) is 29.3 Å². The van der Waals surface area contributed by atoms with E-state index in [1.54, 1.807) is 0 Å². The van der Waals surface area contributed by atoms with E-state index in [1.165, 1.54) is 5.56 Å². The van der Waals surface area contributed by atoms with Gasteiger partial charge in [-0.05, 0) is 24.1 Å². The van der Waals surface area contributed by atoms with Crippen molar-refractivity contribution in [3.63, 3.8) is 0 Å². The minimum Gasteiger partial charge on any atom is -0.379 e. The van der Waals surface area contributed by atoms with Gasteiger partial charge in [0.15, 0.2) is 5.96 Å². The fraction of sp³-hybridized carbons (Fsp3) is 0.562. The first-order valence-corrected chi connectivity index (χ1v) is 8.19. The fourth-order valence-electron chi connectivity index (χ4n) is 2.53. The molecule has 1 unspecified atom stereocenters. The quantitative estimate of drug-likeness (QED) is 0.396. The Hall–Kier alpha value is -0.570. The fourth-order valence-corrected chi connectivity index (χ4v) is 2.73. The van der Waals surface area contributed by atoms with Gasteiger partial charge in [-0.2, -0.15) is 0 Å². The summed E-state index contributed by atoms with van der Waals surface area (Å²) in [5.74, 6) is 0.502. The smallest absolute Gasteiger partial charge is 0.188 e. The van der Waals surface area contributed by atoms with Gasteiger partial charge in [0.05, 0.1) is 25.8 Å². The number of ether oxygens (including phenoxy) is 1. The Kier molecular flexibility index (Phi) is 9.85. The van der Waals surface area contributed by atoms with Crippen molar-refractivity contribution < 1.29 is 4.74 Å². The SMILES string of the molecule is CCCNC(N)=NCC(c1cccc(Cl)c1)N1CCOCC1.I. The van der Waals surface area contributed by atoms with E-state index in [0.717, 1.165) is 44.3 Å². The Balaban J connectivity index is 0.00000264. The van der Waals surface area contributed by atoms with Crippen molar-refractivity contribution >= 4 is 41.5 Å². The molecular formula is C16H26ClIN4O. The molecule has 1 aliphatic heterocycles. The van der Waals surface area contributed by atoms with Crippen LogP contribution in [0.5, 0.6) is 0 Å². The average Bonchev–Trinajstić information content (AvgIpc) is 2.54. The van der Waals surface area contributed by atoms with Gasteiger partial charge in [0.1, 0.15) is 0 Å². The molecule has 0 saturated carbocycles. The minimum absolute atomic E-state index is 0. The maximum absolute atomic E-state index is 6.14. The van der Waals surface area contributed by atoms with Gasteiger partial charge in [0.25, 0.3) is 0 Å². The third-order valence-electron chi connectivity index (χ3n) is 3.71. The molecule has 0 spiro atoms. The molecule has 130 valence electrons. The standard InChI is InChI=1S/C16H25ClN4O.HI/c1-2-6-19-16(18)20-12-15(21-7-9-22-10-8-21)13-4-3-5-14(17)11-13;/h3-5,11,15H,2,6-10,12H2,1H3,(H3,18,19,20);1H. The molecule has 5 nitrogen and oxygen atoms in total. The normalized spacial score (nSPS) is 17.4. The lowest BCUT2D eigenvalue weighted by Gasteiger charge is -2.34. The highest BCUT2D eigenvalue weighted by Gasteiger charge is 2.22. The molecule has 23 heavy (non-hydrogen) atoms. The summed E-state index contributed by atoms with van der Waals surface area (Å²) in [7, 11) is 0. The molecule has 1 aromatic carbocycles. The highest BCUT2D eigenvalue weighted by atomic mass is 127. The van der Waals surface area contributed by atoms with E-state index >= 15 is 0 Å². The third-order valence-corrected chi connectivity index (χ3v) is 3.95. The van der Waals surface area contributed by atoms with E-state index in [0.29, 0.717) is 12.5 Å². The number of hydrogen-bond donors (Lipinski definition) is 2. The number of nitrogens with one attached hydrogen (secondary N) is 1. The summed E-state index contributed by atoms with van der Waals surface area (Å²) in [4.78, 5) is 6.88. The Morgan fingerprint density at radius 1 is 1.43 bits per heavy atom. The minimum atomic E-state index is 0. The maximum Gasteiger partial charge on any atom is 0.188 e. The summed E-state index contributed by atoms with van der Waals surface area (Å²) in [5.41, 5.74) is 7.08. The van der Waals surface area contributed by atoms with Gasteiger partial charge in [0, 0.05) is 24.7 Å². The zero-order valence-corrected chi connectivity index (χ0v) is 16.6. The van der Waals surface area contributed by atoms with E-state index in [-0.39, 0.29) is 30.0 Å². The van der Waals surface area contributed by atoms with Gasteiger partial charge < -0.3 is 15.8 Å². The molecular weight excluding hydrogens is 427 g/mol. The van der Waals surface area contributed by atoms with Crippen LogP contribution in [0, 0.1) is 0 Å². The number of nitrogens with two attached hydrogens (primary N) is 1. The van der Waals surface area contributed by atoms with E-state index in [1.807, 2.05) is 18.2 Å². The maximum atomic E-state index is 6.14. The zero-order valence-electron chi connectivity index (χ0n) is 13.5. The van der Waals surface area contributed by atoms with Crippen LogP contribution in [0.4, 0.5) is 0 Å². The summed E-state index contributed by atoms with van der Waals surface area (Å²) in [5, 5.41) is 3.86. The Morgan fingerprint density at radius 3 is 2.83 bits per heavy atom. The van der Waals surface area contributed by atoms with Crippen molar-refractivity contribution in [2.24, 2.45) is 10.7 Å². The molecule has 1 aromatic rings. The molecule has 0 aliphatic carbocycles. The monoisotopic (exact) mass is 452 g/mol. The van der Waals surface area contributed by atoms with Crippen molar-refractivity contribution in [2.75, 3.05) is 39.4 Å². The van der Waals surface area contributed by atoms with Gasteiger partial charge >= 0.3 is 0 Å². The second-order valence-corrected chi connectivity index (χ2v) is 5.81. The van der Waals surface area contributed by atoms with E-state index in [9.17, 15) is 0 Å². The molecule has 1 atom stereocenters. The van der Waals surface area contributed by atoms with Crippen LogP contribution in [0.3, 0.4) is 0 Å². The van der Waals surface area contributed by atoms with Gasteiger partial charge in [-0.25, -0.2) is 0 Å². The summed E-state index contributed by atoms with van der Waals surface area (Å²) in [6.45, 7) is 6.86. The molecule has 0 amide bonds. The molecule has 1 fully saturated rings. The van der Waals surface area contributed by atoms with Crippen molar-refractivity contribution in [1.82, 2.24) is 10.2 Å². The average molecular weight is 453 g/mol. The first-order valence-electron chi connectivity index (χ1n) is 7.81. The second-order valence-electron chi connectivity index (χ2n) is 5.37. The topological polar surface area (TPSA) is 62.9 Å². The second kappa shape index (κ2) is 11.1. The first-order chi connectivity index (χ1) is 10.7. The molecule has 0 radical (unpaired) electrons. The largest absolute Gasteiger partial charge is 0.379 e. The molecule has 1 saturated heterocycles. The van der Waals surface area contributed by atoms with E-state index in [2.05, 4.69) is 28.2 Å². The molecule has 0 aromatic heterocycles. The molecule has 2 rings (SSSR count). The highest BCUT2D eigenvalue weighted by molar-refractivity contribution is 14.0. The summed E-state index contributed by atoms with van der Waals surface area (Å²) in [6.07, 6.45) is 1.03. The van der Waals surface area contributed by atoms with Crippen LogP contribution >= 0.6 is 35.6 Å². The molecule has 7 heteroatoms. The van der Waals surface area contributed by atoms with Gasteiger partial charge in [0.2, 0.25) is 0 Å². The summed E-state index contributed by atoms with van der Waals surface area (Å²) in [6, 6.07) is 8.14. The van der Waals surface area contributed by atoms with Crippen molar-refractivity contribution in [3.8, 4) is 0 Å². The summed E-state index contributed by atoms with van der Waals surface area (Å²) < 4.78 is 5.45. The molecule has 3 N–H and O–H groups in total. The van der Waals surface area contributed by atoms with Gasteiger partial charge in [-0.3, -0.25) is 9.89 Å². The van der Waals surface area contributed by atoms with Crippen molar-refractivity contribution in [2.45, 2.75) is 19.4 Å². The van der Waals surface area contributed by atoms with Crippen LogP contribution in [-0.4, -0.2) is 50.3 Å². The van der Waals surface area contributed by atoms with Crippen LogP contribution in [-0.2, 0) is 4.74 Å². The number of guanidine groups is 1. The lowest BCUT2D eigenvalue weighted by atomic mass is 10.0. The predicted octanol–water partition coefficient (Wildman–Crippen LogP) is 2.65. The number of morpholine rings is 1. The van der Waals surface area contributed by atoms with Crippen LogP contribution in [0.2, 0.25) is 5.02 Å². The number of aliphatic imine (C=N–C) groups is 1.